The number of nitrogens with zero attached hydrogens (tertiary/aromatic N) is 2. The fourth-order valence-electron chi connectivity index (χ4n) is 2.61. The van der Waals surface area contributed by atoms with E-state index in [0.29, 0.717) is 5.92 Å². The molecule has 0 fully saturated rings. The fourth-order valence-corrected chi connectivity index (χ4v) is 2.61. The van der Waals surface area contributed by atoms with Gasteiger partial charge in [0.25, 0.3) is 0 Å². The number of carbonyl (C=O) groups is 1. The van der Waals surface area contributed by atoms with Crippen LogP contribution in [-0.2, 0) is 11.2 Å². The molecule has 2 aromatic rings. The molecule has 128 valence electrons. The van der Waals surface area contributed by atoms with Gasteiger partial charge in [0.15, 0.2) is 0 Å². The van der Waals surface area contributed by atoms with Crippen molar-refractivity contribution in [3.63, 3.8) is 0 Å². The zero-order valence-corrected chi connectivity index (χ0v) is 14.8. The third kappa shape index (κ3) is 5.13. The summed E-state index contributed by atoms with van der Waals surface area (Å²) >= 11 is 0. The number of amides is 1. The van der Waals surface area contributed by atoms with Crippen LogP contribution >= 0.6 is 0 Å². The molecule has 1 heterocycles. The summed E-state index contributed by atoms with van der Waals surface area (Å²) in [6, 6.07) is 6.26. The van der Waals surface area contributed by atoms with E-state index in [1.807, 2.05) is 26.0 Å². The Kier molecular flexibility index (Phi) is 6.44. The van der Waals surface area contributed by atoms with E-state index < -0.39 is 0 Å². The van der Waals surface area contributed by atoms with Gasteiger partial charge in [-0.2, -0.15) is 0 Å². The zero-order valence-electron chi connectivity index (χ0n) is 14.8. The predicted octanol–water partition coefficient (Wildman–Crippen LogP) is 3.07. The number of carbonyl (C=O) groups excluding carboxylic acids is 1. The first-order valence-electron chi connectivity index (χ1n) is 8.35. The summed E-state index contributed by atoms with van der Waals surface area (Å²) in [6.07, 6.45) is 5.83. The highest BCUT2D eigenvalue weighted by Gasteiger charge is 2.13. The van der Waals surface area contributed by atoms with Crippen LogP contribution in [0.5, 0.6) is 0 Å². The minimum atomic E-state index is -0.0304. The van der Waals surface area contributed by atoms with E-state index in [1.54, 1.807) is 18.6 Å². The number of nitrogens with one attached hydrogen (secondary N) is 2. The van der Waals surface area contributed by atoms with Crippen molar-refractivity contribution in [1.82, 2.24) is 15.3 Å². The van der Waals surface area contributed by atoms with Crippen molar-refractivity contribution in [2.45, 2.75) is 46.1 Å². The Balaban J connectivity index is 1.90. The Morgan fingerprint density at radius 2 is 2.00 bits per heavy atom. The Bertz CT molecular complexity index is 670. The van der Waals surface area contributed by atoms with Crippen LogP contribution in [0.25, 0.3) is 0 Å². The Labute approximate surface area is 143 Å². The number of para-hydroxylation sites is 1. The van der Waals surface area contributed by atoms with Crippen LogP contribution in [-0.4, -0.2) is 28.5 Å². The van der Waals surface area contributed by atoms with Crippen molar-refractivity contribution >= 4 is 11.6 Å². The second-order valence-corrected chi connectivity index (χ2v) is 6.42. The molecule has 0 saturated heterocycles. The molecule has 0 saturated carbocycles. The third-order valence-corrected chi connectivity index (χ3v) is 3.93. The fraction of sp³-hybridized carbons (Fsp3) is 0.421. The Hall–Kier alpha value is -2.27. The standard InChI is InChI=1S/C19H26N4O/c1-13(2)17-7-5-6-14(3)19(17)23-18(24)12-22-15(4)10-16-11-20-8-9-21-16/h5-9,11,13,15,22H,10,12H2,1-4H3,(H,23,24)/t15-/m1/s1. The second kappa shape index (κ2) is 8.55. The van der Waals surface area contributed by atoms with Gasteiger partial charge in [-0.15, -0.1) is 0 Å². The van der Waals surface area contributed by atoms with Crippen molar-refractivity contribution in [3.8, 4) is 0 Å². The molecule has 1 aromatic carbocycles. The number of aryl methyl sites for hydroxylation is 1. The van der Waals surface area contributed by atoms with Gasteiger partial charge >= 0.3 is 0 Å². The van der Waals surface area contributed by atoms with E-state index in [0.717, 1.165) is 28.9 Å². The first-order chi connectivity index (χ1) is 11.5. The lowest BCUT2D eigenvalue weighted by molar-refractivity contribution is -0.115. The zero-order chi connectivity index (χ0) is 17.5. The molecule has 0 radical (unpaired) electrons. The van der Waals surface area contributed by atoms with Crippen LogP contribution in [0, 0.1) is 6.92 Å². The highest BCUT2D eigenvalue weighted by atomic mass is 16.1. The average Bonchev–Trinajstić information content (AvgIpc) is 2.55. The van der Waals surface area contributed by atoms with E-state index >= 15 is 0 Å². The lowest BCUT2D eigenvalue weighted by Crippen LogP contribution is -2.36. The number of hydrogen-bond donors (Lipinski definition) is 2. The summed E-state index contributed by atoms with van der Waals surface area (Å²) in [4.78, 5) is 20.6. The van der Waals surface area contributed by atoms with E-state index in [1.165, 1.54) is 0 Å². The van der Waals surface area contributed by atoms with E-state index in [9.17, 15) is 4.79 Å². The molecule has 2 N–H and O–H groups in total. The van der Waals surface area contributed by atoms with Gasteiger partial charge < -0.3 is 10.6 Å². The summed E-state index contributed by atoms with van der Waals surface area (Å²) in [7, 11) is 0. The Morgan fingerprint density at radius 3 is 2.67 bits per heavy atom. The topological polar surface area (TPSA) is 66.9 Å². The summed E-state index contributed by atoms with van der Waals surface area (Å²) in [5.74, 6) is 0.334. The predicted molar refractivity (Wildman–Crippen MR) is 97.1 cm³/mol. The molecule has 5 heteroatoms. The molecule has 0 bridgehead atoms. The number of benzene rings is 1. The van der Waals surface area contributed by atoms with Crippen LogP contribution in [0.4, 0.5) is 5.69 Å². The van der Waals surface area contributed by atoms with Crippen molar-refractivity contribution < 1.29 is 4.79 Å². The first-order valence-corrected chi connectivity index (χ1v) is 8.35. The van der Waals surface area contributed by atoms with Crippen molar-refractivity contribution in [3.05, 3.63) is 53.6 Å². The number of aromatic nitrogens is 2. The molecule has 1 aromatic heterocycles. The van der Waals surface area contributed by atoms with Crippen LogP contribution in [0.3, 0.4) is 0 Å². The van der Waals surface area contributed by atoms with Gasteiger partial charge in [0, 0.05) is 36.7 Å². The molecule has 1 atom stereocenters. The smallest absolute Gasteiger partial charge is 0.238 e. The van der Waals surface area contributed by atoms with Crippen LogP contribution in [0.1, 0.15) is 43.5 Å². The summed E-state index contributed by atoms with van der Waals surface area (Å²) in [6.45, 7) is 8.59. The van der Waals surface area contributed by atoms with Gasteiger partial charge in [0.1, 0.15) is 0 Å². The summed E-state index contributed by atoms with van der Waals surface area (Å²) in [5.41, 5.74) is 4.10. The van der Waals surface area contributed by atoms with E-state index in [-0.39, 0.29) is 18.5 Å². The minimum Gasteiger partial charge on any atom is -0.324 e. The van der Waals surface area contributed by atoms with E-state index in [2.05, 4.69) is 40.5 Å². The highest BCUT2D eigenvalue weighted by molar-refractivity contribution is 5.93. The van der Waals surface area contributed by atoms with E-state index in [4.69, 9.17) is 0 Å². The highest BCUT2D eigenvalue weighted by Crippen LogP contribution is 2.27. The van der Waals surface area contributed by atoms with Gasteiger partial charge in [0.2, 0.25) is 5.91 Å². The van der Waals surface area contributed by atoms with Crippen LogP contribution in [0.15, 0.2) is 36.8 Å². The maximum atomic E-state index is 12.3. The molecule has 2 rings (SSSR count). The quantitative estimate of drug-likeness (QED) is 0.820. The van der Waals surface area contributed by atoms with Gasteiger partial charge in [-0.1, -0.05) is 32.0 Å². The Morgan fingerprint density at radius 1 is 1.21 bits per heavy atom. The molecule has 0 unspecified atom stereocenters. The minimum absolute atomic E-state index is 0.0304. The monoisotopic (exact) mass is 326 g/mol. The molecule has 0 spiro atoms. The lowest BCUT2D eigenvalue weighted by Gasteiger charge is -2.18. The molecular formula is C19H26N4O. The van der Waals surface area contributed by atoms with Gasteiger partial charge in [-0.25, -0.2) is 0 Å². The van der Waals surface area contributed by atoms with Crippen LogP contribution < -0.4 is 10.6 Å². The summed E-state index contributed by atoms with van der Waals surface area (Å²) in [5, 5.41) is 6.29. The van der Waals surface area contributed by atoms with Crippen molar-refractivity contribution in [2.24, 2.45) is 0 Å². The van der Waals surface area contributed by atoms with Gasteiger partial charge in [0.05, 0.1) is 12.2 Å². The second-order valence-electron chi connectivity index (χ2n) is 6.42. The molecule has 0 aliphatic carbocycles. The van der Waals surface area contributed by atoms with Crippen molar-refractivity contribution in [2.75, 3.05) is 11.9 Å². The summed E-state index contributed by atoms with van der Waals surface area (Å²) < 4.78 is 0. The van der Waals surface area contributed by atoms with Gasteiger partial charge in [-0.3, -0.25) is 14.8 Å². The lowest BCUT2D eigenvalue weighted by atomic mass is 9.98. The van der Waals surface area contributed by atoms with Crippen LogP contribution in [0.2, 0.25) is 0 Å². The molecule has 0 aliphatic heterocycles. The molecule has 5 nitrogen and oxygen atoms in total. The number of hydrogen-bond acceptors (Lipinski definition) is 4. The molecular weight excluding hydrogens is 300 g/mol. The normalized spacial score (nSPS) is 12.2. The molecule has 1 amide bonds. The first kappa shape index (κ1) is 18.1. The number of anilines is 1. The maximum absolute atomic E-state index is 12.3. The van der Waals surface area contributed by atoms with Gasteiger partial charge in [-0.05, 0) is 30.9 Å². The van der Waals surface area contributed by atoms with Crippen molar-refractivity contribution in [1.29, 1.82) is 0 Å². The maximum Gasteiger partial charge on any atom is 0.238 e. The number of rotatable bonds is 7. The largest absolute Gasteiger partial charge is 0.324 e. The molecule has 24 heavy (non-hydrogen) atoms. The average molecular weight is 326 g/mol. The third-order valence-electron chi connectivity index (χ3n) is 3.93. The molecule has 0 aliphatic rings. The SMILES string of the molecule is Cc1cccc(C(C)C)c1NC(=O)CN[C@H](C)Cc1cnccn1.